The Bertz CT molecular complexity index is 399. The molecule has 0 bridgehead atoms. The monoisotopic (exact) mass is 232 g/mol. The maximum Gasteiger partial charge on any atom is 0.117 e. The van der Waals surface area contributed by atoms with E-state index in [0.29, 0.717) is 11.8 Å². The van der Waals surface area contributed by atoms with Crippen molar-refractivity contribution < 1.29 is 5.11 Å². The van der Waals surface area contributed by atoms with Gasteiger partial charge in [0.1, 0.15) is 5.75 Å². The Morgan fingerprint density at radius 1 is 1.18 bits per heavy atom. The van der Waals surface area contributed by atoms with E-state index < -0.39 is 0 Å². The quantitative estimate of drug-likeness (QED) is 0.781. The number of nitrogens with one attached hydrogen (secondary N) is 1. The topological polar surface area (TPSA) is 35.5 Å². The molecule has 1 saturated heterocycles. The van der Waals surface area contributed by atoms with Crippen molar-refractivity contribution in [2.75, 3.05) is 25.0 Å². The van der Waals surface area contributed by atoms with E-state index in [-0.39, 0.29) is 0 Å². The van der Waals surface area contributed by atoms with Crippen molar-refractivity contribution in [3.05, 3.63) is 23.8 Å². The summed E-state index contributed by atoms with van der Waals surface area (Å²) in [7, 11) is 0. The Labute approximate surface area is 102 Å². The van der Waals surface area contributed by atoms with Crippen LogP contribution >= 0.6 is 0 Å². The standard InChI is InChI=1S/C14H20N2O/c17-11-4-5-12-13(10-11)15-7-6-14(12)16-8-2-1-3-9-16/h4-5,10,14-15,17H,1-3,6-9H2. The van der Waals surface area contributed by atoms with Crippen LogP contribution in [0.4, 0.5) is 5.69 Å². The number of rotatable bonds is 1. The Hall–Kier alpha value is -1.22. The molecule has 2 aliphatic rings. The van der Waals surface area contributed by atoms with Gasteiger partial charge in [0.25, 0.3) is 0 Å². The van der Waals surface area contributed by atoms with E-state index in [0.717, 1.165) is 12.2 Å². The highest BCUT2D eigenvalue weighted by Crippen LogP contribution is 2.37. The van der Waals surface area contributed by atoms with Crippen LogP contribution in [0.15, 0.2) is 18.2 Å². The highest BCUT2D eigenvalue weighted by atomic mass is 16.3. The van der Waals surface area contributed by atoms with Gasteiger partial charge in [0.15, 0.2) is 0 Å². The molecule has 1 aromatic carbocycles. The van der Waals surface area contributed by atoms with Gasteiger partial charge in [0.05, 0.1) is 0 Å². The molecule has 0 radical (unpaired) electrons. The lowest BCUT2D eigenvalue weighted by Crippen LogP contribution is -2.36. The zero-order valence-electron chi connectivity index (χ0n) is 10.2. The number of hydrogen-bond acceptors (Lipinski definition) is 3. The minimum absolute atomic E-state index is 0.357. The van der Waals surface area contributed by atoms with Crippen LogP contribution in [0, 0.1) is 0 Å². The summed E-state index contributed by atoms with van der Waals surface area (Å²) in [4.78, 5) is 2.61. The third-order valence-electron chi connectivity index (χ3n) is 3.96. The number of phenolic OH excluding ortho intramolecular Hbond substituents is 1. The fourth-order valence-electron chi connectivity index (χ4n) is 3.10. The lowest BCUT2D eigenvalue weighted by Gasteiger charge is -2.38. The maximum atomic E-state index is 9.53. The first-order valence-corrected chi connectivity index (χ1v) is 6.65. The number of benzene rings is 1. The zero-order valence-corrected chi connectivity index (χ0v) is 10.2. The largest absolute Gasteiger partial charge is 0.508 e. The fourth-order valence-corrected chi connectivity index (χ4v) is 3.10. The van der Waals surface area contributed by atoms with Crippen LogP contribution in [-0.4, -0.2) is 29.6 Å². The molecule has 2 aliphatic heterocycles. The van der Waals surface area contributed by atoms with Crippen molar-refractivity contribution in [3.8, 4) is 5.75 Å². The lowest BCUT2D eigenvalue weighted by atomic mass is 9.94. The molecule has 1 unspecified atom stereocenters. The molecule has 2 heterocycles. The average Bonchev–Trinajstić information content (AvgIpc) is 2.39. The van der Waals surface area contributed by atoms with Crippen molar-refractivity contribution in [3.63, 3.8) is 0 Å². The van der Waals surface area contributed by atoms with E-state index in [1.807, 2.05) is 12.1 Å². The van der Waals surface area contributed by atoms with E-state index >= 15 is 0 Å². The summed E-state index contributed by atoms with van der Waals surface area (Å²) < 4.78 is 0. The van der Waals surface area contributed by atoms with Crippen LogP contribution in [-0.2, 0) is 0 Å². The van der Waals surface area contributed by atoms with Crippen LogP contribution in [0.3, 0.4) is 0 Å². The van der Waals surface area contributed by atoms with Crippen LogP contribution in [0.25, 0.3) is 0 Å². The molecule has 1 fully saturated rings. The normalized spacial score (nSPS) is 25.1. The number of fused-ring (bicyclic) bond motifs is 1. The van der Waals surface area contributed by atoms with E-state index in [2.05, 4.69) is 16.3 Å². The third-order valence-corrected chi connectivity index (χ3v) is 3.96. The second-order valence-corrected chi connectivity index (χ2v) is 5.10. The van der Waals surface area contributed by atoms with Crippen LogP contribution in [0.1, 0.15) is 37.3 Å². The summed E-state index contributed by atoms with van der Waals surface area (Å²) >= 11 is 0. The molecule has 0 amide bonds. The first kappa shape index (κ1) is 10.9. The highest BCUT2D eigenvalue weighted by Gasteiger charge is 2.26. The predicted octanol–water partition coefficient (Wildman–Crippen LogP) is 2.73. The number of nitrogens with zero attached hydrogens (tertiary/aromatic N) is 1. The number of anilines is 1. The van der Waals surface area contributed by atoms with Gasteiger partial charge in [-0.2, -0.15) is 0 Å². The van der Waals surface area contributed by atoms with Gasteiger partial charge >= 0.3 is 0 Å². The van der Waals surface area contributed by atoms with E-state index in [1.165, 1.54) is 44.3 Å². The van der Waals surface area contributed by atoms with E-state index in [1.54, 1.807) is 0 Å². The molecule has 3 heteroatoms. The molecular formula is C14H20N2O. The molecule has 17 heavy (non-hydrogen) atoms. The number of phenols is 1. The van der Waals surface area contributed by atoms with Crippen molar-refractivity contribution in [1.29, 1.82) is 0 Å². The SMILES string of the molecule is Oc1ccc2c(c1)NCCC2N1CCCCC1. The Morgan fingerprint density at radius 2 is 2.00 bits per heavy atom. The van der Waals surface area contributed by atoms with Crippen molar-refractivity contribution in [2.45, 2.75) is 31.7 Å². The molecule has 2 N–H and O–H groups in total. The van der Waals surface area contributed by atoms with Crippen LogP contribution in [0.2, 0.25) is 0 Å². The van der Waals surface area contributed by atoms with Crippen LogP contribution < -0.4 is 5.32 Å². The molecule has 0 aliphatic carbocycles. The first-order valence-electron chi connectivity index (χ1n) is 6.65. The summed E-state index contributed by atoms with van der Waals surface area (Å²) in [5.74, 6) is 0.357. The molecular weight excluding hydrogens is 212 g/mol. The number of piperidine rings is 1. The summed E-state index contributed by atoms with van der Waals surface area (Å²) in [6, 6.07) is 6.29. The zero-order chi connectivity index (χ0) is 11.7. The fraction of sp³-hybridized carbons (Fsp3) is 0.571. The number of aromatic hydroxyl groups is 1. The summed E-state index contributed by atoms with van der Waals surface area (Å²) in [5, 5.41) is 12.9. The Balaban J connectivity index is 1.88. The summed E-state index contributed by atoms with van der Waals surface area (Å²) in [6.07, 6.45) is 5.22. The second kappa shape index (κ2) is 4.57. The number of likely N-dealkylation sites (tertiary alicyclic amines) is 1. The minimum Gasteiger partial charge on any atom is -0.508 e. The van der Waals surface area contributed by atoms with Gasteiger partial charge in [-0.1, -0.05) is 12.5 Å². The molecule has 92 valence electrons. The predicted molar refractivity (Wildman–Crippen MR) is 69.4 cm³/mol. The Morgan fingerprint density at radius 3 is 2.82 bits per heavy atom. The first-order chi connectivity index (χ1) is 8.34. The minimum atomic E-state index is 0.357. The van der Waals surface area contributed by atoms with E-state index in [9.17, 15) is 5.11 Å². The second-order valence-electron chi connectivity index (χ2n) is 5.10. The van der Waals surface area contributed by atoms with Gasteiger partial charge in [0, 0.05) is 24.3 Å². The van der Waals surface area contributed by atoms with Gasteiger partial charge in [-0.25, -0.2) is 0 Å². The molecule has 3 nitrogen and oxygen atoms in total. The average molecular weight is 232 g/mol. The van der Waals surface area contributed by atoms with Gasteiger partial charge in [-0.15, -0.1) is 0 Å². The van der Waals surface area contributed by atoms with E-state index in [4.69, 9.17) is 0 Å². The summed E-state index contributed by atoms with van der Waals surface area (Å²) in [6.45, 7) is 3.47. The van der Waals surface area contributed by atoms with Gasteiger partial charge < -0.3 is 10.4 Å². The molecule has 0 spiro atoms. The van der Waals surface area contributed by atoms with Gasteiger partial charge in [-0.3, -0.25) is 4.90 Å². The smallest absolute Gasteiger partial charge is 0.117 e. The third kappa shape index (κ3) is 2.12. The molecule has 3 rings (SSSR count). The molecule has 0 saturated carbocycles. The number of hydrogen-bond donors (Lipinski definition) is 2. The van der Waals surface area contributed by atoms with Crippen molar-refractivity contribution >= 4 is 5.69 Å². The molecule has 1 aromatic rings. The Kier molecular flexibility index (Phi) is 2.93. The summed E-state index contributed by atoms with van der Waals surface area (Å²) in [5.41, 5.74) is 2.47. The lowest BCUT2D eigenvalue weighted by molar-refractivity contribution is 0.156. The van der Waals surface area contributed by atoms with Crippen molar-refractivity contribution in [1.82, 2.24) is 4.90 Å². The maximum absolute atomic E-state index is 9.53. The van der Waals surface area contributed by atoms with Gasteiger partial charge in [-0.05, 0) is 44.0 Å². The van der Waals surface area contributed by atoms with Crippen molar-refractivity contribution in [2.24, 2.45) is 0 Å². The molecule has 0 aromatic heterocycles. The molecule has 1 atom stereocenters. The highest BCUT2D eigenvalue weighted by molar-refractivity contribution is 5.57. The van der Waals surface area contributed by atoms with Gasteiger partial charge in [0.2, 0.25) is 0 Å². The van der Waals surface area contributed by atoms with Crippen LogP contribution in [0.5, 0.6) is 5.75 Å².